The van der Waals surface area contributed by atoms with Crippen molar-refractivity contribution in [3.63, 3.8) is 0 Å². The number of halogens is 1. The van der Waals surface area contributed by atoms with E-state index in [1.54, 1.807) is 11.3 Å². The number of hydrogen-bond donors (Lipinski definition) is 2. The summed E-state index contributed by atoms with van der Waals surface area (Å²) in [7, 11) is 0. The molecule has 158 valence electrons. The Morgan fingerprint density at radius 1 is 1.30 bits per heavy atom. The molecule has 3 aromatic rings. The number of rotatable bonds is 6. The number of benzene rings is 1. The van der Waals surface area contributed by atoms with Gasteiger partial charge in [-0.3, -0.25) is 0 Å². The van der Waals surface area contributed by atoms with Crippen LogP contribution in [0.25, 0.3) is 11.4 Å². The standard InChI is InChI=1S/C21H25ClN6OS/c1-2-23-21(25-17-8-10-28(11-9-17)19-7-4-12-30-19)24-14-18-26-20(27-29-18)15-5-3-6-16(22)13-15/h3-7,12-13,17H,2,8-11,14H2,1H3,(H2,23,24,25). The van der Waals surface area contributed by atoms with Gasteiger partial charge in [0.2, 0.25) is 11.7 Å². The fraction of sp³-hybridized carbons (Fsp3) is 0.381. The Hall–Kier alpha value is -2.58. The van der Waals surface area contributed by atoms with Gasteiger partial charge < -0.3 is 20.1 Å². The number of nitrogens with one attached hydrogen (secondary N) is 2. The van der Waals surface area contributed by atoms with Gasteiger partial charge in [0.15, 0.2) is 5.96 Å². The third-order valence-electron chi connectivity index (χ3n) is 4.92. The first-order valence-electron chi connectivity index (χ1n) is 10.1. The van der Waals surface area contributed by atoms with Gasteiger partial charge in [0.1, 0.15) is 6.54 Å². The van der Waals surface area contributed by atoms with Crippen LogP contribution in [0.1, 0.15) is 25.7 Å². The Morgan fingerprint density at radius 2 is 2.17 bits per heavy atom. The number of anilines is 1. The monoisotopic (exact) mass is 444 g/mol. The number of guanidine groups is 1. The zero-order chi connectivity index (χ0) is 20.8. The molecule has 0 saturated carbocycles. The smallest absolute Gasteiger partial charge is 0.248 e. The molecule has 0 radical (unpaired) electrons. The number of piperidine rings is 1. The number of thiophene rings is 1. The summed E-state index contributed by atoms with van der Waals surface area (Å²) in [5.41, 5.74) is 0.823. The Morgan fingerprint density at radius 3 is 2.90 bits per heavy atom. The van der Waals surface area contributed by atoms with Gasteiger partial charge in [0, 0.05) is 36.3 Å². The largest absolute Gasteiger partial charge is 0.363 e. The quantitative estimate of drug-likeness (QED) is 0.438. The Bertz CT molecular complexity index is 966. The maximum Gasteiger partial charge on any atom is 0.248 e. The molecule has 0 spiro atoms. The predicted molar refractivity (Wildman–Crippen MR) is 122 cm³/mol. The Labute approximate surface area is 185 Å². The van der Waals surface area contributed by atoms with Crippen molar-refractivity contribution >= 4 is 33.9 Å². The molecule has 7 nitrogen and oxygen atoms in total. The molecule has 9 heteroatoms. The zero-order valence-corrected chi connectivity index (χ0v) is 18.4. The molecule has 0 amide bonds. The van der Waals surface area contributed by atoms with Gasteiger partial charge >= 0.3 is 0 Å². The molecule has 3 heterocycles. The second kappa shape index (κ2) is 9.95. The van der Waals surface area contributed by atoms with Crippen LogP contribution in [0.4, 0.5) is 5.00 Å². The van der Waals surface area contributed by atoms with Crippen LogP contribution in [0.5, 0.6) is 0 Å². The lowest BCUT2D eigenvalue weighted by Crippen LogP contribution is -2.48. The summed E-state index contributed by atoms with van der Waals surface area (Å²) in [5, 5.41) is 15.0. The highest BCUT2D eigenvalue weighted by Gasteiger charge is 2.20. The van der Waals surface area contributed by atoms with Crippen LogP contribution in [0, 0.1) is 0 Å². The van der Waals surface area contributed by atoms with Crippen LogP contribution in [-0.4, -0.2) is 41.8 Å². The molecular formula is C21H25ClN6OS. The molecule has 2 aromatic heterocycles. The summed E-state index contributed by atoms with van der Waals surface area (Å²) in [4.78, 5) is 11.5. The van der Waals surface area contributed by atoms with E-state index in [4.69, 9.17) is 16.1 Å². The maximum atomic E-state index is 6.04. The fourth-order valence-corrected chi connectivity index (χ4v) is 4.39. The lowest BCUT2D eigenvalue weighted by molar-refractivity contribution is 0.380. The highest BCUT2D eigenvalue weighted by molar-refractivity contribution is 7.14. The van der Waals surface area contributed by atoms with Gasteiger partial charge in [-0.2, -0.15) is 4.98 Å². The summed E-state index contributed by atoms with van der Waals surface area (Å²) in [6.07, 6.45) is 2.14. The molecule has 0 atom stereocenters. The minimum atomic E-state index is 0.316. The normalized spacial score (nSPS) is 15.4. The number of hydrogen-bond acceptors (Lipinski definition) is 6. The number of nitrogens with zero attached hydrogens (tertiary/aromatic N) is 4. The third-order valence-corrected chi connectivity index (χ3v) is 6.09. The molecule has 0 bridgehead atoms. The molecule has 1 aliphatic heterocycles. The van der Waals surface area contributed by atoms with E-state index in [1.165, 1.54) is 5.00 Å². The molecule has 1 aromatic carbocycles. The van der Waals surface area contributed by atoms with Crippen molar-refractivity contribution in [2.45, 2.75) is 32.4 Å². The van der Waals surface area contributed by atoms with E-state index in [9.17, 15) is 0 Å². The van der Waals surface area contributed by atoms with Crippen molar-refractivity contribution in [3.8, 4) is 11.4 Å². The highest BCUT2D eigenvalue weighted by Crippen LogP contribution is 2.25. The third kappa shape index (κ3) is 5.31. The van der Waals surface area contributed by atoms with Gasteiger partial charge in [0.25, 0.3) is 0 Å². The van der Waals surface area contributed by atoms with E-state index in [0.29, 0.717) is 29.3 Å². The maximum absolute atomic E-state index is 6.04. The minimum Gasteiger partial charge on any atom is -0.363 e. The van der Waals surface area contributed by atoms with Crippen LogP contribution in [0.3, 0.4) is 0 Å². The van der Waals surface area contributed by atoms with E-state index in [1.807, 2.05) is 24.3 Å². The molecule has 1 fully saturated rings. The predicted octanol–water partition coefficient (Wildman–Crippen LogP) is 4.18. The summed E-state index contributed by atoms with van der Waals surface area (Å²) >= 11 is 7.84. The average Bonchev–Trinajstić information content (AvgIpc) is 3.45. The first-order chi connectivity index (χ1) is 14.7. The molecular weight excluding hydrogens is 420 g/mol. The first-order valence-corrected chi connectivity index (χ1v) is 11.4. The van der Waals surface area contributed by atoms with Crippen LogP contribution >= 0.6 is 22.9 Å². The highest BCUT2D eigenvalue weighted by atomic mass is 35.5. The fourth-order valence-electron chi connectivity index (χ4n) is 3.42. The zero-order valence-electron chi connectivity index (χ0n) is 16.8. The Kier molecular flexibility index (Phi) is 6.86. The molecule has 0 unspecified atom stereocenters. The second-order valence-corrected chi connectivity index (χ2v) is 8.44. The summed E-state index contributed by atoms with van der Waals surface area (Å²) in [5.74, 6) is 1.76. The van der Waals surface area contributed by atoms with E-state index >= 15 is 0 Å². The van der Waals surface area contributed by atoms with Crippen molar-refractivity contribution in [1.29, 1.82) is 0 Å². The summed E-state index contributed by atoms with van der Waals surface area (Å²) in [6, 6.07) is 12.1. The van der Waals surface area contributed by atoms with Crippen LogP contribution < -0.4 is 15.5 Å². The number of aromatic nitrogens is 2. The minimum absolute atomic E-state index is 0.316. The van der Waals surface area contributed by atoms with Gasteiger partial charge in [-0.05, 0) is 49.4 Å². The first kappa shape index (κ1) is 20.7. The van der Waals surface area contributed by atoms with Crippen LogP contribution in [0.15, 0.2) is 51.3 Å². The topological polar surface area (TPSA) is 78.6 Å². The molecule has 2 N–H and O–H groups in total. The van der Waals surface area contributed by atoms with Crippen molar-refractivity contribution in [2.75, 3.05) is 24.5 Å². The van der Waals surface area contributed by atoms with Crippen molar-refractivity contribution < 1.29 is 4.52 Å². The molecule has 30 heavy (non-hydrogen) atoms. The van der Waals surface area contributed by atoms with Crippen LogP contribution in [-0.2, 0) is 6.54 Å². The molecule has 0 aliphatic carbocycles. The molecule has 4 rings (SSSR count). The number of aliphatic imine (C=N–C) groups is 1. The van der Waals surface area contributed by atoms with Gasteiger partial charge in [-0.1, -0.05) is 28.9 Å². The SMILES string of the molecule is CCNC(=NCc1nc(-c2cccc(Cl)c2)no1)NC1CCN(c2cccs2)CC1. The van der Waals surface area contributed by atoms with Gasteiger partial charge in [-0.25, -0.2) is 4.99 Å². The van der Waals surface area contributed by atoms with E-state index in [-0.39, 0.29) is 0 Å². The van der Waals surface area contributed by atoms with E-state index in [2.05, 4.69) is 55.1 Å². The summed E-state index contributed by atoms with van der Waals surface area (Å²) in [6.45, 7) is 5.25. The lowest BCUT2D eigenvalue weighted by Gasteiger charge is -2.33. The van der Waals surface area contributed by atoms with Crippen molar-refractivity contribution in [1.82, 2.24) is 20.8 Å². The van der Waals surface area contributed by atoms with Crippen molar-refractivity contribution in [2.24, 2.45) is 4.99 Å². The van der Waals surface area contributed by atoms with Crippen LogP contribution in [0.2, 0.25) is 5.02 Å². The average molecular weight is 445 g/mol. The molecule has 1 aliphatic rings. The molecule has 1 saturated heterocycles. The van der Waals surface area contributed by atoms with Gasteiger partial charge in [-0.15, -0.1) is 11.3 Å². The Balaban J connectivity index is 1.34. The summed E-state index contributed by atoms with van der Waals surface area (Å²) < 4.78 is 5.36. The van der Waals surface area contributed by atoms with Gasteiger partial charge in [0.05, 0.1) is 5.00 Å². The second-order valence-electron chi connectivity index (χ2n) is 7.07. The lowest BCUT2D eigenvalue weighted by atomic mass is 10.1. The van der Waals surface area contributed by atoms with E-state index < -0.39 is 0 Å². The van der Waals surface area contributed by atoms with Crippen molar-refractivity contribution in [3.05, 3.63) is 52.7 Å². The van der Waals surface area contributed by atoms with E-state index in [0.717, 1.165) is 44.0 Å².